The molecule has 0 aliphatic heterocycles. The third kappa shape index (κ3) is 5.95. The van der Waals surface area contributed by atoms with Crippen molar-refractivity contribution in [1.82, 2.24) is 9.97 Å². The van der Waals surface area contributed by atoms with Gasteiger partial charge >= 0.3 is 0 Å². The lowest BCUT2D eigenvalue weighted by Gasteiger charge is -2.09. The number of phenolic OH excluding ortho intramolecular Hbond substituents is 1. The van der Waals surface area contributed by atoms with Gasteiger partial charge in [-0.2, -0.15) is 5.10 Å². The summed E-state index contributed by atoms with van der Waals surface area (Å²) in [7, 11) is 0. The number of hydrogen-bond donors (Lipinski definition) is 2. The van der Waals surface area contributed by atoms with Gasteiger partial charge in [0, 0.05) is 11.1 Å². The molecule has 4 aromatic rings. The Kier molecular flexibility index (Phi) is 7.28. The van der Waals surface area contributed by atoms with Gasteiger partial charge in [-0.15, -0.1) is 0 Å². The lowest BCUT2D eigenvalue weighted by Crippen LogP contribution is -2.00. The first-order chi connectivity index (χ1) is 16.2. The van der Waals surface area contributed by atoms with Crippen molar-refractivity contribution in [2.75, 3.05) is 12.0 Å². The number of para-hydroxylation sites is 1. The van der Waals surface area contributed by atoms with Crippen LogP contribution >= 0.6 is 0 Å². The number of anilines is 1. The molecule has 3 aromatic carbocycles. The molecule has 33 heavy (non-hydrogen) atoms. The van der Waals surface area contributed by atoms with Crippen LogP contribution in [0.25, 0.3) is 22.5 Å². The number of aromatic nitrogens is 2. The van der Waals surface area contributed by atoms with Crippen molar-refractivity contribution in [3.63, 3.8) is 0 Å². The Morgan fingerprint density at radius 1 is 0.909 bits per heavy atom. The van der Waals surface area contributed by atoms with E-state index in [0.29, 0.717) is 17.2 Å². The maximum absolute atomic E-state index is 10.3. The first-order valence-corrected chi connectivity index (χ1v) is 11.0. The molecule has 6 nitrogen and oxygen atoms in total. The SMILES string of the molecule is CCCCOc1ccc(/C=N/Nc2nc(-c3ccccc3)cc(-c3ccccc3O)n2)cc1. The Morgan fingerprint density at radius 2 is 1.64 bits per heavy atom. The van der Waals surface area contributed by atoms with Crippen LogP contribution in [-0.2, 0) is 0 Å². The van der Waals surface area contributed by atoms with Crippen LogP contribution in [0.15, 0.2) is 90.0 Å². The van der Waals surface area contributed by atoms with Gasteiger partial charge in [0.05, 0.1) is 24.2 Å². The van der Waals surface area contributed by atoms with E-state index in [1.54, 1.807) is 18.3 Å². The number of nitrogens with zero attached hydrogens (tertiary/aromatic N) is 3. The molecule has 0 aliphatic carbocycles. The predicted molar refractivity (Wildman–Crippen MR) is 133 cm³/mol. The molecule has 0 radical (unpaired) electrons. The van der Waals surface area contributed by atoms with Gasteiger partial charge in [0.15, 0.2) is 0 Å². The number of aromatic hydroxyl groups is 1. The second-order valence-corrected chi connectivity index (χ2v) is 7.49. The number of unbranched alkanes of at least 4 members (excludes halogenated alkanes) is 1. The van der Waals surface area contributed by atoms with E-state index in [-0.39, 0.29) is 5.75 Å². The lowest BCUT2D eigenvalue weighted by molar-refractivity contribution is 0.309. The molecule has 0 saturated carbocycles. The fourth-order valence-corrected chi connectivity index (χ4v) is 3.23. The van der Waals surface area contributed by atoms with Crippen molar-refractivity contribution in [2.45, 2.75) is 19.8 Å². The Bertz CT molecular complexity index is 1210. The monoisotopic (exact) mass is 438 g/mol. The summed E-state index contributed by atoms with van der Waals surface area (Å²) in [6.45, 7) is 2.86. The minimum Gasteiger partial charge on any atom is -0.507 e. The molecule has 0 saturated heterocycles. The number of rotatable bonds is 9. The normalized spacial score (nSPS) is 10.9. The highest BCUT2D eigenvalue weighted by atomic mass is 16.5. The van der Waals surface area contributed by atoms with E-state index >= 15 is 0 Å². The van der Waals surface area contributed by atoms with E-state index in [4.69, 9.17) is 4.74 Å². The minimum atomic E-state index is 0.158. The summed E-state index contributed by atoms with van der Waals surface area (Å²) < 4.78 is 5.69. The molecule has 1 heterocycles. The highest BCUT2D eigenvalue weighted by Crippen LogP contribution is 2.30. The fourth-order valence-electron chi connectivity index (χ4n) is 3.23. The second-order valence-electron chi connectivity index (χ2n) is 7.49. The summed E-state index contributed by atoms with van der Waals surface area (Å²) in [5, 5.41) is 14.6. The molecule has 2 N–H and O–H groups in total. The van der Waals surface area contributed by atoms with Crippen LogP contribution in [0.2, 0.25) is 0 Å². The zero-order chi connectivity index (χ0) is 22.9. The molecule has 1 aromatic heterocycles. The predicted octanol–water partition coefficient (Wildman–Crippen LogP) is 6.14. The summed E-state index contributed by atoms with van der Waals surface area (Å²) in [6, 6.07) is 26.5. The summed E-state index contributed by atoms with van der Waals surface area (Å²) in [5.74, 6) is 1.34. The standard InChI is InChI=1S/C27H26N4O2/c1-2-3-17-33-22-15-13-20(14-16-22)19-28-31-27-29-24(21-9-5-4-6-10-21)18-25(30-27)23-11-7-8-12-26(23)32/h4-16,18-19,32H,2-3,17H2,1H3,(H,29,30,31)/b28-19+. The quantitative estimate of drug-likeness (QED) is 0.186. The van der Waals surface area contributed by atoms with Crippen LogP contribution < -0.4 is 10.2 Å². The topological polar surface area (TPSA) is 79.6 Å². The van der Waals surface area contributed by atoms with Gasteiger partial charge in [-0.05, 0) is 54.4 Å². The third-order valence-electron chi connectivity index (χ3n) is 5.00. The number of ether oxygens (including phenoxy) is 1. The molecule has 0 bridgehead atoms. The van der Waals surface area contributed by atoms with Crippen molar-refractivity contribution < 1.29 is 9.84 Å². The van der Waals surface area contributed by atoms with Crippen LogP contribution in [0.3, 0.4) is 0 Å². The second kappa shape index (κ2) is 10.9. The van der Waals surface area contributed by atoms with Crippen molar-refractivity contribution in [2.24, 2.45) is 5.10 Å². The summed E-state index contributed by atoms with van der Waals surface area (Å²) in [5.41, 5.74) is 6.76. The number of phenols is 1. The Hall–Kier alpha value is -4.19. The van der Waals surface area contributed by atoms with Crippen LogP contribution in [0, 0.1) is 0 Å². The lowest BCUT2D eigenvalue weighted by atomic mass is 10.1. The van der Waals surface area contributed by atoms with Gasteiger partial charge in [-0.3, -0.25) is 0 Å². The van der Waals surface area contributed by atoms with Gasteiger partial charge in [0.2, 0.25) is 5.95 Å². The molecule has 0 fully saturated rings. The van der Waals surface area contributed by atoms with E-state index in [1.807, 2.05) is 72.8 Å². The average Bonchev–Trinajstić information content (AvgIpc) is 2.86. The number of hydrogen-bond acceptors (Lipinski definition) is 6. The Morgan fingerprint density at radius 3 is 2.39 bits per heavy atom. The highest BCUT2D eigenvalue weighted by Gasteiger charge is 2.11. The first kappa shape index (κ1) is 22.0. The van der Waals surface area contributed by atoms with Crippen molar-refractivity contribution in [3.05, 3.63) is 90.5 Å². The largest absolute Gasteiger partial charge is 0.507 e. The third-order valence-corrected chi connectivity index (χ3v) is 5.00. The molecule has 4 rings (SSSR count). The molecule has 6 heteroatoms. The first-order valence-electron chi connectivity index (χ1n) is 11.0. The van der Waals surface area contributed by atoms with Crippen molar-refractivity contribution in [3.8, 4) is 34.0 Å². The highest BCUT2D eigenvalue weighted by molar-refractivity contribution is 5.80. The molecule has 166 valence electrons. The Balaban J connectivity index is 1.55. The maximum atomic E-state index is 10.3. The summed E-state index contributed by atoms with van der Waals surface area (Å²) >= 11 is 0. The van der Waals surface area contributed by atoms with Gasteiger partial charge < -0.3 is 9.84 Å². The molecule has 0 amide bonds. The van der Waals surface area contributed by atoms with E-state index in [2.05, 4.69) is 27.4 Å². The van der Waals surface area contributed by atoms with Crippen molar-refractivity contribution in [1.29, 1.82) is 0 Å². The minimum absolute atomic E-state index is 0.158. The smallest absolute Gasteiger partial charge is 0.244 e. The summed E-state index contributed by atoms with van der Waals surface area (Å²) in [4.78, 5) is 9.17. The Labute approximate surface area is 193 Å². The van der Waals surface area contributed by atoms with E-state index in [0.717, 1.165) is 42.0 Å². The van der Waals surface area contributed by atoms with Gasteiger partial charge in [0.25, 0.3) is 0 Å². The zero-order valence-corrected chi connectivity index (χ0v) is 18.5. The molecule has 0 unspecified atom stereocenters. The molecule has 0 spiro atoms. The van der Waals surface area contributed by atoms with E-state index in [9.17, 15) is 5.11 Å². The van der Waals surface area contributed by atoms with Gasteiger partial charge in [-0.1, -0.05) is 55.8 Å². The molecular formula is C27H26N4O2. The average molecular weight is 439 g/mol. The van der Waals surface area contributed by atoms with Crippen LogP contribution in [-0.4, -0.2) is 27.9 Å². The van der Waals surface area contributed by atoms with E-state index in [1.165, 1.54) is 0 Å². The van der Waals surface area contributed by atoms with Crippen LogP contribution in [0.5, 0.6) is 11.5 Å². The maximum Gasteiger partial charge on any atom is 0.244 e. The zero-order valence-electron chi connectivity index (χ0n) is 18.5. The van der Waals surface area contributed by atoms with Crippen LogP contribution in [0.4, 0.5) is 5.95 Å². The van der Waals surface area contributed by atoms with Crippen LogP contribution in [0.1, 0.15) is 25.3 Å². The number of hydrazone groups is 1. The number of benzene rings is 3. The summed E-state index contributed by atoms with van der Waals surface area (Å²) in [6.07, 6.45) is 3.85. The van der Waals surface area contributed by atoms with E-state index < -0.39 is 0 Å². The van der Waals surface area contributed by atoms with Gasteiger partial charge in [-0.25, -0.2) is 15.4 Å². The molecule has 0 aliphatic rings. The molecule has 0 atom stereocenters. The fraction of sp³-hybridized carbons (Fsp3) is 0.148. The molecular weight excluding hydrogens is 412 g/mol. The van der Waals surface area contributed by atoms with Crippen molar-refractivity contribution >= 4 is 12.2 Å². The number of nitrogens with one attached hydrogen (secondary N) is 1. The van der Waals surface area contributed by atoms with Gasteiger partial charge in [0.1, 0.15) is 11.5 Å².